The van der Waals surface area contributed by atoms with E-state index in [1.165, 1.54) is 5.57 Å². The van der Waals surface area contributed by atoms with Crippen LogP contribution in [-0.2, 0) is 4.74 Å². The van der Waals surface area contributed by atoms with Gasteiger partial charge in [-0.1, -0.05) is 12.1 Å². The standard InChI is InChI=1S/C17H18N2O2/c1-20-12-8-6-11(7-9-12)16-13-4-2-3-5-15(13)21-17(19)14(16)10-18/h6-9,16H,2-5,19H2,1H3. The van der Waals surface area contributed by atoms with E-state index in [0.717, 1.165) is 42.8 Å². The van der Waals surface area contributed by atoms with Gasteiger partial charge in [-0.3, -0.25) is 0 Å². The minimum absolute atomic E-state index is 0.0787. The molecule has 0 saturated heterocycles. The molecule has 0 spiro atoms. The summed E-state index contributed by atoms with van der Waals surface area (Å²) in [6.45, 7) is 0. The number of ether oxygens (including phenoxy) is 2. The molecule has 108 valence electrons. The molecule has 21 heavy (non-hydrogen) atoms. The molecule has 2 aliphatic rings. The highest BCUT2D eigenvalue weighted by Crippen LogP contribution is 2.44. The van der Waals surface area contributed by atoms with Crippen molar-refractivity contribution < 1.29 is 9.47 Å². The second-order valence-corrected chi connectivity index (χ2v) is 5.35. The van der Waals surface area contributed by atoms with Crippen LogP contribution in [0.2, 0.25) is 0 Å². The fourth-order valence-corrected chi connectivity index (χ4v) is 3.11. The monoisotopic (exact) mass is 282 g/mol. The van der Waals surface area contributed by atoms with Gasteiger partial charge in [-0.15, -0.1) is 0 Å². The van der Waals surface area contributed by atoms with Crippen LogP contribution in [0.1, 0.15) is 37.2 Å². The molecule has 1 aliphatic heterocycles. The van der Waals surface area contributed by atoms with Crippen LogP contribution >= 0.6 is 0 Å². The minimum atomic E-state index is -0.0787. The Balaban J connectivity index is 2.07. The van der Waals surface area contributed by atoms with E-state index in [1.807, 2.05) is 24.3 Å². The van der Waals surface area contributed by atoms with Crippen LogP contribution in [0.4, 0.5) is 0 Å². The van der Waals surface area contributed by atoms with Crippen molar-refractivity contribution in [3.8, 4) is 11.8 Å². The molecule has 3 rings (SSSR count). The molecular weight excluding hydrogens is 264 g/mol. The van der Waals surface area contributed by atoms with Crippen LogP contribution in [0.5, 0.6) is 5.75 Å². The van der Waals surface area contributed by atoms with E-state index in [2.05, 4.69) is 6.07 Å². The van der Waals surface area contributed by atoms with Gasteiger partial charge in [0.2, 0.25) is 5.88 Å². The van der Waals surface area contributed by atoms with Gasteiger partial charge in [0.05, 0.1) is 7.11 Å². The van der Waals surface area contributed by atoms with Gasteiger partial charge < -0.3 is 15.2 Å². The van der Waals surface area contributed by atoms with E-state index >= 15 is 0 Å². The Kier molecular flexibility index (Phi) is 3.57. The van der Waals surface area contributed by atoms with E-state index in [0.29, 0.717) is 5.57 Å². The van der Waals surface area contributed by atoms with Gasteiger partial charge in [-0.05, 0) is 42.5 Å². The number of rotatable bonds is 2. The number of methoxy groups -OCH3 is 1. The molecule has 2 N–H and O–H groups in total. The summed E-state index contributed by atoms with van der Waals surface area (Å²) in [6.07, 6.45) is 4.11. The number of nitriles is 1. The van der Waals surface area contributed by atoms with Crippen molar-refractivity contribution in [3.05, 3.63) is 52.6 Å². The first-order chi connectivity index (χ1) is 10.2. The number of hydrogen-bond acceptors (Lipinski definition) is 4. The summed E-state index contributed by atoms with van der Waals surface area (Å²) in [7, 11) is 1.64. The summed E-state index contributed by atoms with van der Waals surface area (Å²) < 4.78 is 10.9. The molecule has 0 aromatic heterocycles. The maximum absolute atomic E-state index is 9.47. The molecule has 1 aromatic rings. The second-order valence-electron chi connectivity index (χ2n) is 5.35. The molecule has 0 fully saturated rings. The molecule has 0 radical (unpaired) electrons. The van der Waals surface area contributed by atoms with Gasteiger partial charge in [0.15, 0.2) is 0 Å². The fraction of sp³-hybridized carbons (Fsp3) is 0.353. The van der Waals surface area contributed by atoms with Crippen molar-refractivity contribution in [2.24, 2.45) is 5.73 Å². The molecule has 0 amide bonds. The topological polar surface area (TPSA) is 68.3 Å². The van der Waals surface area contributed by atoms with Crippen molar-refractivity contribution in [2.45, 2.75) is 31.6 Å². The van der Waals surface area contributed by atoms with Crippen molar-refractivity contribution >= 4 is 0 Å². The van der Waals surface area contributed by atoms with Gasteiger partial charge in [-0.25, -0.2) is 0 Å². The molecule has 1 unspecified atom stereocenters. The Hall–Kier alpha value is -2.41. The first kappa shape index (κ1) is 13.6. The van der Waals surface area contributed by atoms with Crippen LogP contribution < -0.4 is 10.5 Å². The molecule has 4 nitrogen and oxygen atoms in total. The first-order valence-electron chi connectivity index (χ1n) is 7.18. The van der Waals surface area contributed by atoms with Crippen LogP contribution in [0.25, 0.3) is 0 Å². The summed E-state index contributed by atoms with van der Waals surface area (Å²) in [5.41, 5.74) is 8.74. The number of nitrogens with zero attached hydrogens (tertiary/aromatic N) is 1. The highest BCUT2D eigenvalue weighted by Gasteiger charge is 2.33. The molecule has 1 aliphatic carbocycles. The zero-order valence-electron chi connectivity index (χ0n) is 12.1. The Labute approximate surface area is 124 Å². The van der Waals surface area contributed by atoms with Crippen molar-refractivity contribution in [3.63, 3.8) is 0 Å². The van der Waals surface area contributed by atoms with Crippen LogP contribution in [0.3, 0.4) is 0 Å². The van der Waals surface area contributed by atoms with E-state index in [1.54, 1.807) is 7.11 Å². The first-order valence-corrected chi connectivity index (χ1v) is 7.18. The zero-order valence-corrected chi connectivity index (χ0v) is 12.1. The predicted molar refractivity (Wildman–Crippen MR) is 79.1 cm³/mol. The third-order valence-corrected chi connectivity index (χ3v) is 4.16. The minimum Gasteiger partial charge on any atom is -0.497 e. The van der Waals surface area contributed by atoms with Gasteiger partial charge in [0.1, 0.15) is 23.2 Å². The Bertz CT molecular complexity index is 650. The molecule has 0 saturated carbocycles. The Morgan fingerprint density at radius 1 is 1.24 bits per heavy atom. The predicted octanol–water partition coefficient (Wildman–Crippen LogP) is 3.33. The number of allylic oxidation sites excluding steroid dienone is 3. The fourth-order valence-electron chi connectivity index (χ4n) is 3.11. The summed E-state index contributed by atoms with van der Waals surface area (Å²) >= 11 is 0. The summed E-state index contributed by atoms with van der Waals surface area (Å²) in [5.74, 6) is 1.93. The summed E-state index contributed by atoms with van der Waals surface area (Å²) in [6, 6.07) is 10.1. The normalized spacial score (nSPS) is 21.4. The lowest BCUT2D eigenvalue weighted by molar-refractivity contribution is 0.251. The lowest BCUT2D eigenvalue weighted by Crippen LogP contribution is -2.22. The maximum atomic E-state index is 9.47. The molecule has 1 heterocycles. The van der Waals surface area contributed by atoms with E-state index in [4.69, 9.17) is 15.2 Å². The number of hydrogen-bond donors (Lipinski definition) is 1. The highest BCUT2D eigenvalue weighted by atomic mass is 16.5. The summed E-state index contributed by atoms with van der Waals surface area (Å²) in [5, 5.41) is 9.47. The lowest BCUT2D eigenvalue weighted by atomic mass is 9.78. The van der Waals surface area contributed by atoms with Gasteiger partial charge in [0.25, 0.3) is 0 Å². The number of nitrogens with two attached hydrogens (primary N) is 1. The summed E-state index contributed by atoms with van der Waals surface area (Å²) in [4.78, 5) is 0. The molecular formula is C17H18N2O2. The van der Waals surface area contributed by atoms with Crippen molar-refractivity contribution in [1.29, 1.82) is 5.26 Å². The van der Waals surface area contributed by atoms with Crippen molar-refractivity contribution in [2.75, 3.05) is 7.11 Å². The van der Waals surface area contributed by atoms with Crippen LogP contribution in [-0.4, -0.2) is 7.11 Å². The second kappa shape index (κ2) is 5.53. The smallest absolute Gasteiger partial charge is 0.205 e. The third-order valence-electron chi connectivity index (χ3n) is 4.16. The van der Waals surface area contributed by atoms with E-state index in [-0.39, 0.29) is 11.8 Å². The van der Waals surface area contributed by atoms with Crippen LogP contribution in [0, 0.1) is 11.3 Å². The molecule has 0 bridgehead atoms. The number of benzene rings is 1. The Morgan fingerprint density at radius 2 is 1.95 bits per heavy atom. The van der Waals surface area contributed by atoms with Crippen molar-refractivity contribution in [1.82, 2.24) is 0 Å². The zero-order chi connectivity index (χ0) is 14.8. The van der Waals surface area contributed by atoms with Crippen LogP contribution in [0.15, 0.2) is 47.1 Å². The molecule has 4 heteroatoms. The highest BCUT2D eigenvalue weighted by molar-refractivity contribution is 5.50. The average molecular weight is 282 g/mol. The lowest BCUT2D eigenvalue weighted by Gasteiger charge is -2.32. The maximum Gasteiger partial charge on any atom is 0.205 e. The van der Waals surface area contributed by atoms with E-state index < -0.39 is 0 Å². The van der Waals surface area contributed by atoms with Gasteiger partial charge in [-0.2, -0.15) is 5.26 Å². The van der Waals surface area contributed by atoms with Gasteiger partial charge >= 0.3 is 0 Å². The average Bonchev–Trinajstić information content (AvgIpc) is 2.53. The Morgan fingerprint density at radius 3 is 2.62 bits per heavy atom. The van der Waals surface area contributed by atoms with E-state index in [9.17, 15) is 5.26 Å². The molecule has 1 aromatic carbocycles. The van der Waals surface area contributed by atoms with Gasteiger partial charge in [0, 0.05) is 12.3 Å². The largest absolute Gasteiger partial charge is 0.497 e. The SMILES string of the molecule is COc1ccc(C2C(C#N)=C(N)OC3=C2CCCC3)cc1. The molecule has 1 atom stereocenters. The quantitative estimate of drug-likeness (QED) is 0.903. The third kappa shape index (κ3) is 2.36.